The molecule has 128 valence electrons. The van der Waals surface area contributed by atoms with Crippen LogP contribution in [0.25, 0.3) is 10.8 Å². The van der Waals surface area contributed by atoms with Crippen molar-refractivity contribution < 1.29 is 45.7 Å². The van der Waals surface area contributed by atoms with E-state index < -0.39 is 52.9 Å². The van der Waals surface area contributed by atoms with E-state index in [1.54, 1.807) is 0 Å². The summed E-state index contributed by atoms with van der Waals surface area (Å²) in [5, 5.41) is 17.3. The molecular weight excluding hydrogens is 368 g/mol. The summed E-state index contributed by atoms with van der Waals surface area (Å²) in [6.07, 6.45) is 0. The van der Waals surface area contributed by atoms with E-state index in [0.29, 0.717) is 6.07 Å². The van der Waals surface area contributed by atoms with Gasteiger partial charge in [0.05, 0.1) is 5.56 Å². The van der Waals surface area contributed by atoms with E-state index in [4.69, 9.17) is 14.8 Å². The zero-order valence-corrected chi connectivity index (χ0v) is 13.0. The molecule has 0 unspecified atom stereocenters. The lowest BCUT2D eigenvalue weighted by molar-refractivity contribution is 0.0680. The monoisotopic (exact) mass is 376 g/mol. The van der Waals surface area contributed by atoms with Crippen molar-refractivity contribution in [1.82, 2.24) is 0 Å². The Morgan fingerprint density at radius 3 is 1.83 bits per heavy atom. The summed E-state index contributed by atoms with van der Waals surface area (Å²) in [4.78, 5) is 19.7. The Labute approximate surface area is 134 Å². The van der Waals surface area contributed by atoms with Crippen LogP contribution < -0.4 is 0 Å². The molecule has 12 heteroatoms. The second kappa shape index (κ2) is 5.52. The van der Waals surface area contributed by atoms with Gasteiger partial charge in [0, 0.05) is 5.39 Å². The van der Waals surface area contributed by atoms with Gasteiger partial charge in [0.2, 0.25) is 0 Å². The van der Waals surface area contributed by atoms with E-state index in [1.807, 2.05) is 0 Å². The molecule has 4 N–H and O–H groups in total. The highest BCUT2D eigenvalue weighted by Crippen LogP contribution is 2.33. The summed E-state index contributed by atoms with van der Waals surface area (Å²) in [7, 11) is -10.4. The van der Waals surface area contributed by atoms with Crippen molar-refractivity contribution in [1.29, 1.82) is 0 Å². The number of hydrogen-bond donors (Lipinski definition) is 4. The van der Waals surface area contributed by atoms with Crippen molar-refractivity contribution in [2.75, 3.05) is 0 Å². The second-order valence-corrected chi connectivity index (χ2v) is 7.32. The number of rotatable bonds is 4. The van der Waals surface area contributed by atoms with Gasteiger partial charge in [0.1, 0.15) is 15.4 Å². The van der Waals surface area contributed by atoms with E-state index in [-0.39, 0.29) is 10.9 Å². The molecule has 0 atom stereocenters. The first-order chi connectivity index (χ1) is 10.8. The molecule has 0 fully saturated rings. The minimum Gasteiger partial charge on any atom is -0.478 e. The molecule has 0 aromatic heterocycles. The van der Waals surface area contributed by atoms with Crippen LogP contribution in [0.4, 0.5) is 0 Å². The van der Waals surface area contributed by atoms with Gasteiger partial charge in [-0.05, 0) is 23.6 Å². The summed E-state index contributed by atoms with van der Waals surface area (Å²) in [6.45, 7) is 0. The Hall–Kier alpha value is -2.54. The predicted molar refractivity (Wildman–Crippen MR) is 77.5 cm³/mol. The fraction of sp³-hybridized carbons (Fsp3) is 0. The van der Waals surface area contributed by atoms with Crippen molar-refractivity contribution in [2.45, 2.75) is 9.79 Å². The first-order valence-corrected chi connectivity index (χ1v) is 8.74. The van der Waals surface area contributed by atoms with Crippen molar-refractivity contribution in [2.24, 2.45) is 0 Å². The largest absolute Gasteiger partial charge is 0.478 e. The predicted octanol–water partition coefficient (Wildman–Crippen LogP) is 0.730. The Morgan fingerprint density at radius 1 is 0.833 bits per heavy atom. The standard InChI is InChI=1S/C12H8O10S2/c13-11(14)5-1-2-7-6(3-5)4-8(23(17,18)19)9(12(15)16)10(7)24(20,21)22/h1-4H,(H,13,14)(H,15,16)(H,17,18,19)(H,20,21,22). The summed E-state index contributed by atoms with van der Waals surface area (Å²) in [5.74, 6) is -3.44. The molecule has 0 saturated carbocycles. The molecule has 0 saturated heterocycles. The Kier molecular flexibility index (Phi) is 4.10. The van der Waals surface area contributed by atoms with Crippen LogP contribution in [-0.4, -0.2) is 48.1 Å². The van der Waals surface area contributed by atoms with Gasteiger partial charge in [-0.3, -0.25) is 9.11 Å². The number of carbonyl (C=O) groups is 2. The van der Waals surface area contributed by atoms with Gasteiger partial charge in [0.25, 0.3) is 20.2 Å². The van der Waals surface area contributed by atoms with Gasteiger partial charge < -0.3 is 10.2 Å². The summed E-state index contributed by atoms with van der Waals surface area (Å²) >= 11 is 0. The molecule has 0 amide bonds. The average molecular weight is 376 g/mol. The zero-order valence-electron chi connectivity index (χ0n) is 11.4. The van der Waals surface area contributed by atoms with Gasteiger partial charge in [-0.25, -0.2) is 9.59 Å². The van der Waals surface area contributed by atoms with Gasteiger partial charge in [-0.15, -0.1) is 0 Å². The molecule has 10 nitrogen and oxygen atoms in total. The Bertz CT molecular complexity index is 1100. The number of fused-ring (bicyclic) bond motifs is 1. The maximum absolute atomic E-state index is 11.6. The normalized spacial score (nSPS) is 12.2. The van der Waals surface area contributed by atoms with Crippen molar-refractivity contribution in [3.05, 3.63) is 35.4 Å². The lowest BCUT2D eigenvalue weighted by Gasteiger charge is -2.12. The molecule has 0 radical (unpaired) electrons. The number of aromatic carboxylic acids is 2. The SMILES string of the molecule is O=C(O)c1ccc2c(S(=O)(=O)O)c(C(=O)O)c(S(=O)(=O)O)cc2c1. The molecule has 2 aromatic rings. The first-order valence-electron chi connectivity index (χ1n) is 5.86. The van der Waals surface area contributed by atoms with Crippen LogP contribution >= 0.6 is 0 Å². The van der Waals surface area contributed by atoms with Crippen LogP contribution in [0.2, 0.25) is 0 Å². The van der Waals surface area contributed by atoms with Crippen molar-refractivity contribution >= 4 is 42.9 Å². The van der Waals surface area contributed by atoms with E-state index in [1.165, 1.54) is 0 Å². The minimum atomic E-state index is -5.22. The third-order valence-electron chi connectivity index (χ3n) is 3.05. The first kappa shape index (κ1) is 17.8. The van der Waals surface area contributed by atoms with E-state index in [0.717, 1.165) is 18.2 Å². The van der Waals surface area contributed by atoms with E-state index >= 15 is 0 Å². The van der Waals surface area contributed by atoms with Crippen LogP contribution in [-0.2, 0) is 20.2 Å². The Morgan fingerprint density at radius 2 is 1.42 bits per heavy atom. The molecule has 24 heavy (non-hydrogen) atoms. The number of carboxylic acids is 2. The zero-order chi connectivity index (χ0) is 18.4. The molecule has 0 aliphatic heterocycles. The van der Waals surface area contributed by atoms with Gasteiger partial charge in [-0.1, -0.05) is 6.07 Å². The van der Waals surface area contributed by atoms with Crippen molar-refractivity contribution in [3.63, 3.8) is 0 Å². The molecule has 0 spiro atoms. The van der Waals surface area contributed by atoms with Crippen molar-refractivity contribution in [3.8, 4) is 0 Å². The van der Waals surface area contributed by atoms with Crippen LogP contribution in [0.3, 0.4) is 0 Å². The minimum absolute atomic E-state index is 0.319. The number of benzene rings is 2. The van der Waals surface area contributed by atoms with E-state index in [2.05, 4.69) is 0 Å². The molecule has 0 aliphatic carbocycles. The van der Waals surface area contributed by atoms with E-state index in [9.17, 15) is 31.0 Å². The van der Waals surface area contributed by atoms with Crippen LogP contribution in [0.15, 0.2) is 34.1 Å². The maximum atomic E-state index is 11.6. The summed E-state index contributed by atoms with van der Waals surface area (Å²) < 4.78 is 64.4. The number of carboxylic acid groups (broad SMARTS) is 2. The smallest absolute Gasteiger partial charge is 0.338 e. The molecular formula is C12H8O10S2. The highest BCUT2D eigenvalue weighted by Gasteiger charge is 2.31. The summed E-state index contributed by atoms with van der Waals surface area (Å²) in [6, 6.07) is 3.32. The van der Waals surface area contributed by atoms with Crippen LogP contribution in [0.1, 0.15) is 20.7 Å². The van der Waals surface area contributed by atoms with Gasteiger partial charge in [-0.2, -0.15) is 16.8 Å². The lowest BCUT2D eigenvalue weighted by Crippen LogP contribution is -2.15. The third kappa shape index (κ3) is 3.07. The highest BCUT2D eigenvalue weighted by molar-refractivity contribution is 7.87. The summed E-state index contributed by atoms with van der Waals surface area (Å²) in [5.41, 5.74) is -1.70. The second-order valence-electron chi connectivity index (χ2n) is 4.58. The fourth-order valence-corrected chi connectivity index (χ4v) is 3.86. The third-order valence-corrected chi connectivity index (χ3v) is 4.87. The topological polar surface area (TPSA) is 183 Å². The Balaban J connectivity index is 3.20. The average Bonchev–Trinajstić information content (AvgIpc) is 2.42. The molecule has 0 bridgehead atoms. The quantitative estimate of drug-likeness (QED) is 0.555. The van der Waals surface area contributed by atoms with Crippen LogP contribution in [0.5, 0.6) is 0 Å². The maximum Gasteiger partial charge on any atom is 0.338 e. The van der Waals surface area contributed by atoms with Gasteiger partial charge >= 0.3 is 11.9 Å². The number of hydrogen-bond acceptors (Lipinski definition) is 6. The molecule has 0 aliphatic rings. The molecule has 2 aromatic carbocycles. The van der Waals surface area contributed by atoms with Gasteiger partial charge in [0.15, 0.2) is 0 Å². The fourth-order valence-electron chi connectivity index (χ4n) is 2.16. The molecule has 2 rings (SSSR count). The molecule has 0 heterocycles. The lowest BCUT2D eigenvalue weighted by atomic mass is 10.0. The van der Waals surface area contributed by atoms with Crippen LogP contribution in [0, 0.1) is 0 Å². The highest BCUT2D eigenvalue weighted by atomic mass is 32.2.